The fourth-order valence-corrected chi connectivity index (χ4v) is 2.47. The van der Waals surface area contributed by atoms with Crippen LogP contribution in [0.3, 0.4) is 0 Å². The molecule has 4 N–H and O–H groups in total. The van der Waals surface area contributed by atoms with Gasteiger partial charge in [-0.25, -0.2) is 0 Å². The minimum Gasteiger partial charge on any atom is -0.381 e. The molecule has 1 heterocycles. The Morgan fingerprint density at radius 2 is 1.65 bits per heavy atom. The van der Waals surface area contributed by atoms with Gasteiger partial charge in [-0.2, -0.15) is 0 Å². The number of ether oxygens (including phenoxy) is 1. The van der Waals surface area contributed by atoms with Crippen molar-refractivity contribution in [3.8, 4) is 0 Å². The van der Waals surface area contributed by atoms with Crippen LogP contribution in [0.5, 0.6) is 0 Å². The topological polar surface area (TPSA) is 93.5 Å². The van der Waals surface area contributed by atoms with Gasteiger partial charge in [-0.3, -0.25) is 9.59 Å². The molecule has 0 radical (unpaired) electrons. The predicted octanol–water partition coefficient (Wildman–Crippen LogP) is 1.98. The average molecular weight is 319 g/mol. The maximum Gasteiger partial charge on any atom is 0.232 e. The number of hydrogen-bond acceptors (Lipinski definition) is 4. The van der Waals surface area contributed by atoms with E-state index in [0.29, 0.717) is 44.0 Å². The van der Waals surface area contributed by atoms with Gasteiger partial charge < -0.3 is 21.1 Å². The lowest BCUT2D eigenvalue weighted by Crippen LogP contribution is -2.46. The third kappa shape index (κ3) is 4.30. The number of anilines is 2. The molecule has 0 aromatic heterocycles. The fraction of sp³-hybridized carbons (Fsp3) is 0.529. The van der Waals surface area contributed by atoms with Crippen molar-refractivity contribution in [2.24, 2.45) is 17.1 Å². The molecule has 6 nitrogen and oxygen atoms in total. The molecule has 0 unspecified atom stereocenters. The number of carbonyl (C=O) groups excluding carboxylic acids is 2. The summed E-state index contributed by atoms with van der Waals surface area (Å²) in [6.07, 6.45) is 1.27. The first-order valence-corrected chi connectivity index (χ1v) is 7.97. The van der Waals surface area contributed by atoms with Crippen molar-refractivity contribution in [1.29, 1.82) is 0 Å². The van der Waals surface area contributed by atoms with Crippen molar-refractivity contribution in [1.82, 2.24) is 0 Å². The first-order valence-electron chi connectivity index (χ1n) is 7.97. The second kappa shape index (κ2) is 7.57. The quantitative estimate of drug-likeness (QED) is 0.773. The Bertz CT molecular complexity index is 549. The van der Waals surface area contributed by atoms with Crippen molar-refractivity contribution in [3.05, 3.63) is 24.3 Å². The first-order chi connectivity index (χ1) is 11.0. The molecule has 1 aliphatic heterocycles. The van der Waals surface area contributed by atoms with Crippen LogP contribution in [0, 0.1) is 11.3 Å². The highest BCUT2D eigenvalue weighted by molar-refractivity contribution is 5.96. The summed E-state index contributed by atoms with van der Waals surface area (Å²) in [5, 5.41) is 5.74. The Morgan fingerprint density at radius 1 is 1.13 bits per heavy atom. The van der Waals surface area contributed by atoms with Crippen LogP contribution in [0.2, 0.25) is 0 Å². The normalized spacial score (nSPS) is 16.9. The second-order valence-electron chi connectivity index (χ2n) is 6.27. The van der Waals surface area contributed by atoms with Gasteiger partial charge in [0.2, 0.25) is 11.8 Å². The molecule has 0 aliphatic carbocycles. The summed E-state index contributed by atoms with van der Waals surface area (Å²) in [4.78, 5) is 24.2. The smallest absolute Gasteiger partial charge is 0.232 e. The van der Waals surface area contributed by atoms with Gasteiger partial charge in [0, 0.05) is 37.1 Å². The number of rotatable bonds is 5. The Morgan fingerprint density at radius 3 is 2.13 bits per heavy atom. The lowest BCUT2D eigenvalue weighted by molar-refractivity contribution is -0.130. The van der Waals surface area contributed by atoms with E-state index in [-0.39, 0.29) is 17.7 Å². The molecule has 2 rings (SSSR count). The van der Waals surface area contributed by atoms with E-state index in [4.69, 9.17) is 10.5 Å². The van der Waals surface area contributed by atoms with E-state index in [1.54, 1.807) is 24.3 Å². The van der Waals surface area contributed by atoms with Crippen LogP contribution in [-0.2, 0) is 14.3 Å². The molecule has 23 heavy (non-hydrogen) atoms. The molecule has 1 saturated heterocycles. The SMILES string of the molecule is CC(C)C(=O)Nc1ccc(NC(=O)C2(CN)CCOCC2)cc1. The van der Waals surface area contributed by atoms with E-state index in [1.807, 2.05) is 13.8 Å². The van der Waals surface area contributed by atoms with Crippen LogP contribution in [0.15, 0.2) is 24.3 Å². The third-order valence-corrected chi connectivity index (χ3v) is 4.26. The van der Waals surface area contributed by atoms with Crippen molar-refractivity contribution in [2.45, 2.75) is 26.7 Å². The van der Waals surface area contributed by atoms with Crippen molar-refractivity contribution in [2.75, 3.05) is 30.4 Å². The zero-order valence-electron chi connectivity index (χ0n) is 13.7. The first kappa shape index (κ1) is 17.4. The van der Waals surface area contributed by atoms with Crippen LogP contribution in [-0.4, -0.2) is 31.6 Å². The van der Waals surface area contributed by atoms with Gasteiger partial charge in [-0.05, 0) is 37.1 Å². The monoisotopic (exact) mass is 319 g/mol. The highest BCUT2D eigenvalue weighted by Gasteiger charge is 2.38. The van der Waals surface area contributed by atoms with Crippen LogP contribution in [0.25, 0.3) is 0 Å². The highest BCUT2D eigenvalue weighted by atomic mass is 16.5. The Hall–Kier alpha value is -1.92. The molecule has 1 aliphatic rings. The van der Waals surface area contributed by atoms with Crippen molar-refractivity contribution >= 4 is 23.2 Å². The number of hydrogen-bond donors (Lipinski definition) is 3. The Kier molecular flexibility index (Phi) is 5.74. The molecular weight excluding hydrogens is 294 g/mol. The summed E-state index contributed by atoms with van der Waals surface area (Å²) in [6, 6.07) is 7.10. The van der Waals surface area contributed by atoms with E-state index in [9.17, 15) is 9.59 Å². The maximum absolute atomic E-state index is 12.6. The molecule has 1 aromatic rings. The van der Waals surface area contributed by atoms with Gasteiger partial charge in [-0.1, -0.05) is 13.8 Å². The third-order valence-electron chi connectivity index (χ3n) is 4.26. The Balaban J connectivity index is 2.00. The highest BCUT2D eigenvalue weighted by Crippen LogP contribution is 2.31. The minimum absolute atomic E-state index is 0.0360. The van der Waals surface area contributed by atoms with Gasteiger partial charge in [0.05, 0.1) is 5.41 Å². The largest absolute Gasteiger partial charge is 0.381 e. The predicted molar refractivity (Wildman–Crippen MR) is 90.1 cm³/mol. The van der Waals surface area contributed by atoms with Crippen LogP contribution in [0.1, 0.15) is 26.7 Å². The van der Waals surface area contributed by atoms with E-state index in [1.165, 1.54) is 0 Å². The van der Waals surface area contributed by atoms with Crippen LogP contribution in [0.4, 0.5) is 11.4 Å². The number of amides is 2. The van der Waals surface area contributed by atoms with Crippen LogP contribution >= 0.6 is 0 Å². The molecule has 0 bridgehead atoms. The number of nitrogens with two attached hydrogens (primary N) is 1. The van der Waals surface area contributed by atoms with Gasteiger partial charge in [0.15, 0.2) is 0 Å². The van der Waals surface area contributed by atoms with E-state index in [0.717, 1.165) is 0 Å². The summed E-state index contributed by atoms with van der Waals surface area (Å²) in [5.74, 6) is -0.180. The van der Waals surface area contributed by atoms with E-state index >= 15 is 0 Å². The van der Waals surface area contributed by atoms with Gasteiger partial charge in [-0.15, -0.1) is 0 Å². The van der Waals surface area contributed by atoms with Crippen LogP contribution < -0.4 is 16.4 Å². The molecule has 1 fully saturated rings. The zero-order valence-corrected chi connectivity index (χ0v) is 13.7. The molecule has 0 atom stereocenters. The summed E-state index contributed by atoms with van der Waals surface area (Å²) in [5.41, 5.74) is 6.68. The number of carbonyl (C=O) groups is 2. The molecule has 2 amide bonds. The maximum atomic E-state index is 12.6. The fourth-order valence-electron chi connectivity index (χ4n) is 2.47. The summed E-state index contributed by atoms with van der Waals surface area (Å²) in [7, 11) is 0. The van der Waals surface area contributed by atoms with Gasteiger partial charge >= 0.3 is 0 Å². The molecule has 0 spiro atoms. The van der Waals surface area contributed by atoms with Gasteiger partial charge in [0.1, 0.15) is 0 Å². The van der Waals surface area contributed by atoms with E-state index in [2.05, 4.69) is 10.6 Å². The Labute approximate surface area is 136 Å². The standard InChI is InChI=1S/C17H25N3O3/c1-12(2)15(21)19-13-3-5-14(6-4-13)20-16(22)17(11-18)7-9-23-10-8-17/h3-6,12H,7-11,18H2,1-2H3,(H,19,21)(H,20,22). The number of nitrogens with one attached hydrogen (secondary N) is 2. The average Bonchev–Trinajstić information content (AvgIpc) is 2.57. The number of benzene rings is 1. The zero-order chi connectivity index (χ0) is 16.9. The molecule has 1 aromatic carbocycles. The molecule has 6 heteroatoms. The van der Waals surface area contributed by atoms with Gasteiger partial charge in [0.25, 0.3) is 0 Å². The lowest BCUT2D eigenvalue weighted by atomic mass is 9.79. The molecular formula is C17H25N3O3. The second-order valence-corrected chi connectivity index (χ2v) is 6.27. The molecule has 0 saturated carbocycles. The minimum atomic E-state index is -0.553. The van der Waals surface area contributed by atoms with Crippen molar-refractivity contribution < 1.29 is 14.3 Å². The van der Waals surface area contributed by atoms with Crippen molar-refractivity contribution in [3.63, 3.8) is 0 Å². The molecule has 126 valence electrons. The summed E-state index contributed by atoms with van der Waals surface area (Å²) < 4.78 is 5.32. The lowest BCUT2D eigenvalue weighted by Gasteiger charge is -2.34. The summed E-state index contributed by atoms with van der Waals surface area (Å²) in [6.45, 7) is 5.11. The van der Waals surface area contributed by atoms with E-state index < -0.39 is 5.41 Å². The summed E-state index contributed by atoms with van der Waals surface area (Å²) >= 11 is 0.